The van der Waals surface area contributed by atoms with Crippen LogP contribution in [-0.2, 0) is 0 Å². The average molecular weight is 250 g/mol. The van der Waals surface area contributed by atoms with Crippen LogP contribution in [-0.4, -0.2) is 38.9 Å². The highest BCUT2D eigenvalue weighted by Crippen LogP contribution is 2.18. The largest absolute Gasteiger partial charge is 0.393 e. The van der Waals surface area contributed by atoms with Gasteiger partial charge >= 0.3 is 0 Å². The minimum absolute atomic E-state index is 0.0213. The smallest absolute Gasteiger partial charge is 0.256 e. The summed E-state index contributed by atoms with van der Waals surface area (Å²) >= 11 is 4.97. The molecule has 0 atom stereocenters. The Labute approximate surface area is 105 Å². The molecule has 1 aromatic heterocycles. The molecule has 1 aromatic rings. The lowest BCUT2D eigenvalue weighted by Crippen LogP contribution is -2.41. The van der Waals surface area contributed by atoms with Gasteiger partial charge in [-0.15, -0.1) is 0 Å². The molecule has 0 radical (unpaired) electrons. The van der Waals surface area contributed by atoms with Gasteiger partial charge in [-0.1, -0.05) is 12.2 Å². The Balaban J connectivity index is 1.98. The summed E-state index contributed by atoms with van der Waals surface area (Å²) in [4.78, 5) is 22.1. The van der Waals surface area contributed by atoms with Gasteiger partial charge in [0.05, 0.1) is 10.6 Å². The molecule has 17 heavy (non-hydrogen) atoms. The standard InChI is InChI=1S/C11H14N4OS/c12-10(17)8-1-3-15(4-2-8)11(16)9-5-13-7-14-6-9/h5-8H,1-4H2,(H2,12,17). The molecule has 2 rings (SSSR count). The third kappa shape index (κ3) is 2.76. The monoisotopic (exact) mass is 250 g/mol. The summed E-state index contributed by atoms with van der Waals surface area (Å²) in [6, 6.07) is 0. The van der Waals surface area contributed by atoms with Crippen molar-refractivity contribution in [1.29, 1.82) is 0 Å². The molecule has 1 aliphatic rings. The average Bonchev–Trinajstić information content (AvgIpc) is 2.39. The minimum atomic E-state index is -0.0213. The molecule has 1 fully saturated rings. The molecule has 0 bridgehead atoms. The molecule has 2 N–H and O–H groups in total. The number of amides is 1. The number of hydrogen-bond donors (Lipinski definition) is 1. The van der Waals surface area contributed by atoms with Crippen molar-refractivity contribution in [2.75, 3.05) is 13.1 Å². The summed E-state index contributed by atoms with van der Waals surface area (Å²) in [5.41, 5.74) is 6.14. The molecule has 0 saturated carbocycles. The Morgan fingerprint density at radius 1 is 1.35 bits per heavy atom. The molecule has 0 aliphatic carbocycles. The van der Waals surface area contributed by atoms with Crippen LogP contribution in [0.15, 0.2) is 18.7 Å². The van der Waals surface area contributed by atoms with E-state index in [1.54, 1.807) is 4.90 Å². The molecule has 0 aromatic carbocycles. The lowest BCUT2D eigenvalue weighted by molar-refractivity contribution is 0.0709. The number of hydrogen-bond acceptors (Lipinski definition) is 4. The van der Waals surface area contributed by atoms with Gasteiger partial charge in [-0.25, -0.2) is 9.97 Å². The Kier molecular flexibility index (Phi) is 3.63. The van der Waals surface area contributed by atoms with Crippen LogP contribution in [0.4, 0.5) is 0 Å². The van der Waals surface area contributed by atoms with E-state index in [1.807, 2.05) is 0 Å². The Bertz CT molecular complexity index is 415. The van der Waals surface area contributed by atoms with Gasteiger partial charge < -0.3 is 10.6 Å². The zero-order chi connectivity index (χ0) is 12.3. The molecule has 0 spiro atoms. The quantitative estimate of drug-likeness (QED) is 0.779. The van der Waals surface area contributed by atoms with Crippen LogP contribution in [0.2, 0.25) is 0 Å². The first-order chi connectivity index (χ1) is 8.18. The van der Waals surface area contributed by atoms with E-state index in [2.05, 4.69) is 9.97 Å². The molecule has 5 nitrogen and oxygen atoms in total. The highest BCUT2D eigenvalue weighted by atomic mass is 32.1. The number of rotatable bonds is 2. The lowest BCUT2D eigenvalue weighted by atomic mass is 9.96. The summed E-state index contributed by atoms with van der Waals surface area (Å²) < 4.78 is 0. The van der Waals surface area contributed by atoms with Gasteiger partial charge in [-0.05, 0) is 12.8 Å². The van der Waals surface area contributed by atoms with Gasteiger partial charge in [0.15, 0.2) is 0 Å². The van der Waals surface area contributed by atoms with Gasteiger partial charge in [0, 0.05) is 31.4 Å². The fraction of sp³-hybridized carbons (Fsp3) is 0.455. The second kappa shape index (κ2) is 5.18. The SMILES string of the molecule is NC(=S)C1CCN(C(=O)c2cncnc2)CC1. The molecule has 1 aliphatic heterocycles. The molecule has 1 saturated heterocycles. The van der Waals surface area contributed by atoms with Crippen LogP contribution in [0, 0.1) is 5.92 Å². The Hall–Kier alpha value is -1.56. The molecule has 1 amide bonds. The first-order valence-corrected chi connectivity index (χ1v) is 5.93. The summed E-state index contributed by atoms with van der Waals surface area (Å²) in [5.74, 6) is 0.244. The van der Waals surface area contributed by atoms with Crippen LogP contribution >= 0.6 is 12.2 Å². The second-order valence-corrected chi connectivity index (χ2v) is 4.57. The fourth-order valence-electron chi connectivity index (χ4n) is 1.96. The van der Waals surface area contributed by atoms with Crippen molar-refractivity contribution in [1.82, 2.24) is 14.9 Å². The summed E-state index contributed by atoms with van der Waals surface area (Å²) in [6.45, 7) is 1.38. The van der Waals surface area contributed by atoms with Gasteiger partial charge in [-0.2, -0.15) is 0 Å². The highest BCUT2D eigenvalue weighted by molar-refractivity contribution is 7.80. The summed E-state index contributed by atoms with van der Waals surface area (Å²) in [6.07, 6.45) is 6.17. The zero-order valence-electron chi connectivity index (χ0n) is 9.37. The topological polar surface area (TPSA) is 72.1 Å². The van der Waals surface area contributed by atoms with Crippen LogP contribution in [0.3, 0.4) is 0 Å². The minimum Gasteiger partial charge on any atom is -0.393 e. The van der Waals surface area contributed by atoms with Crippen molar-refractivity contribution in [3.8, 4) is 0 Å². The number of carbonyl (C=O) groups is 1. The lowest BCUT2D eigenvalue weighted by Gasteiger charge is -2.31. The Morgan fingerprint density at radius 3 is 2.47 bits per heavy atom. The van der Waals surface area contributed by atoms with Crippen molar-refractivity contribution < 1.29 is 4.79 Å². The van der Waals surface area contributed by atoms with Crippen molar-refractivity contribution >= 4 is 23.1 Å². The van der Waals surface area contributed by atoms with Crippen LogP contribution in [0.25, 0.3) is 0 Å². The molecular formula is C11H14N4OS. The van der Waals surface area contributed by atoms with E-state index < -0.39 is 0 Å². The number of nitrogens with two attached hydrogens (primary N) is 1. The maximum absolute atomic E-state index is 12.1. The van der Waals surface area contributed by atoms with Gasteiger partial charge in [0.2, 0.25) is 0 Å². The first-order valence-electron chi connectivity index (χ1n) is 5.52. The zero-order valence-corrected chi connectivity index (χ0v) is 10.2. The van der Waals surface area contributed by atoms with E-state index in [0.717, 1.165) is 12.8 Å². The second-order valence-electron chi connectivity index (χ2n) is 4.10. The van der Waals surface area contributed by atoms with E-state index in [9.17, 15) is 4.79 Å². The summed E-state index contributed by atoms with van der Waals surface area (Å²) in [7, 11) is 0. The molecule has 0 unspecified atom stereocenters. The van der Waals surface area contributed by atoms with Crippen LogP contribution in [0.5, 0.6) is 0 Å². The van der Waals surface area contributed by atoms with E-state index in [1.165, 1.54) is 18.7 Å². The first kappa shape index (κ1) is 11.9. The van der Waals surface area contributed by atoms with E-state index in [4.69, 9.17) is 18.0 Å². The van der Waals surface area contributed by atoms with Crippen LogP contribution < -0.4 is 5.73 Å². The van der Waals surface area contributed by atoms with Crippen LogP contribution in [0.1, 0.15) is 23.2 Å². The fourth-order valence-corrected chi connectivity index (χ4v) is 2.19. The van der Waals surface area contributed by atoms with E-state index in [-0.39, 0.29) is 11.8 Å². The molecule has 6 heteroatoms. The summed E-state index contributed by atoms with van der Waals surface area (Å²) in [5, 5.41) is 0. The van der Waals surface area contributed by atoms with Crippen molar-refractivity contribution in [3.05, 3.63) is 24.3 Å². The predicted octanol–water partition coefficient (Wildman–Crippen LogP) is 0.615. The number of carbonyl (C=O) groups excluding carboxylic acids is 1. The van der Waals surface area contributed by atoms with Gasteiger partial charge in [0.25, 0.3) is 5.91 Å². The molecule has 90 valence electrons. The number of nitrogens with zero attached hydrogens (tertiary/aromatic N) is 3. The molecular weight excluding hydrogens is 236 g/mol. The number of piperidine rings is 1. The van der Waals surface area contributed by atoms with Crippen molar-refractivity contribution in [2.45, 2.75) is 12.8 Å². The van der Waals surface area contributed by atoms with E-state index >= 15 is 0 Å². The third-order valence-corrected chi connectivity index (χ3v) is 3.33. The van der Waals surface area contributed by atoms with Gasteiger partial charge in [-0.3, -0.25) is 4.79 Å². The predicted molar refractivity (Wildman–Crippen MR) is 67.4 cm³/mol. The maximum Gasteiger partial charge on any atom is 0.256 e. The van der Waals surface area contributed by atoms with E-state index in [0.29, 0.717) is 23.6 Å². The van der Waals surface area contributed by atoms with Crippen molar-refractivity contribution in [3.63, 3.8) is 0 Å². The van der Waals surface area contributed by atoms with Gasteiger partial charge in [0.1, 0.15) is 6.33 Å². The number of aromatic nitrogens is 2. The normalized spacial score (nSPS) is 16.8. The third-order valence-electron chi connectivity index (χ3n) is 2.99. The maximum atomic E-state index is 12.1. The highest BCUT2D eigenvalue weighted by Gasteiger charge is 2.24. The molecule has 2 heterocycles. The Morgan fingerprint density at radius 2 is 1.94 bits per heavy atom. The number of thiocarbonyl (C=S) groups is 1. The number of likely N-dealkylation sites (tertiary alicyclic amines) is 1. The van der Waals surface area contributed by atoms with Crippen molar-refractivity contribution in [2.24, 2.45) is 11.7 Å².